The van der Waals surface area contributed by atoms with Crippen molar-refractivity contribution in [2.24, 2.45) is 5.41 Å². The molecule has 5 heteroatoms. The van der Waals surface area contributed by atoms with Gasteiger partial charge in [0.1, 0.15) is 0 Å². The lowest BCUT2D eigenvalue weighted by Crippen LogP contribution is -2.43. The average molecular weight is 340 g/mol. The highest BCUT2D eigenvalue weighted by molar-refractivity contribution is 9.10. The van der Waals surface area contributed by atoms with Gasteiger partial charge in [-0.1, -0.05) is 34.5 Å². The Labute approximate surface area is 126 Å². The first-order chi connectivity index (χ1) is 9.43. The molecule has 1 amide bonds. The Morgan fingerprint density at radius 2 is 2.15 bits per heavy atom. The smallest absolute Gasteiger partial charge is 0.310 e. The molecule has 1 fully saturated rings. The number of carbonyl (C=O) groups is 2. The maximum absolute atomic E-state index is 12.0. The highest BCUT2D eigenvalue weighted by Crippen LogP contribution is 2.44. The summed E-state index contributed by atoms with van der Waals surface area (Å²) in [6, 6.07) is 7.58. The van der Waals surface area contributed by atoms with Crippen LogP contribution in [0.1, 0.15) is 44.2 Å². The van der Waals surface area contributed by atoms with E-state index >= 15 is 0 Å². The van der Waals surface area contributed by atoms with Crippen LogP contribution in [0.2, 0.25) is 0 Å². The second-order valence-electron chi connectivity index (χ2n) is 5.46. The minimum atomic E-state index is -0.853. The molecule has 1 aliphatic rings. The summed E-state index contributed by atoms with van der Waals surface area (Å²) >= 11 is 3.39. The Balaban J connectivity index is 1.96. The predicted molar refractivity (Wildman–Crippen MR) is 79.2 cm³/mol. The maximum Gasteiger partial charge on any atom is 0.310 e. The van der Waals surface area contributed by atoms with Crippen molar-refractivity contribution in [3.8, 4) is 0 Å². The molecular weight excluding hydrogens is 322 g/mol. The van der Waals surface area contributed by atoms with Crippen molar-refractivity contribution in [2.75, 3.05) is 0 Å². The number of carbonyl (C=O) groups excluding carboxylic acids is 1. The van der Waals surface area contributed by atoms with Crippen molar-refractivity contribution < 1.29 is 14.7 Å². The molecule has 2 N–H and O–H groups in total. The van der Waals surface area contributed by atoms with Gasteiger partial charge >= 0.3 is 5.97 Å². The fourth-order valence-corrected chi connectivity index (χ4v) is 2.95. The largest absolute Gasteiger partial charge is 0.481 e. The van der Waals surface area contributed by atoms with Crippen molar-refractivity contribution in [3.05, 3.63) is 34.3 Å². The van der Waals surface area contributed by atoms with Crippen LogP contribution in [0.25, 0.3) is 0 Å². The molecule has 1 atom stereocenters. The van der Waals surface area contributed by atoms with Crippen LogP contribution >= 0.6 is 15.9 Å². The van der Waals surface area contributed by atoms with Gasteiger partial charge in [-0.2, -0.15) is 0 Å². The molecule has 1 saturated carbocycles. The van der Waals surface area contributed by atoms with E-state index in [1.807, 2.05) is 31.2 Å². The van der Waals surface area contributed by atoms with Gasteiger partial charge in [-0.25, -0.2) is 0 Å². The summed E-state index contributed by atoms with van der Waals surface area (Å²) in [5.41, 5.74) is 0.159. The van der Waals surface area contributed by atoms with Gasteiger partial charge in [0.05, 0.1) is 11.5 Å². The van der Waals surface area contributed by atoms with E-state index in [0.29, 0.717) is 12.8 Å². The molecule has 0 heterocycles. The van der Waals surface area contributed by atoms with E-state index in [9.17, 15) is 14.7 Å². The van der Waals surface area contributed by atoms with E-state index in [1.165, 1.54) is 0 Å². The molecule has 1 aromatic carbocycles. The second kappa shape index (κ2) is 5.95. The summed E-state index contributed by atoms with van der Waals surface area (Å²) < 4.78 is 0.956. The Kier molecular flexibility index (Phi) is 4.48. The van der Waals surface area contributed by atoms with Crippen molar-refractivity contribution in [1.82, 2.24) is 5.32 Å². The van der Waals surface area contributed by atoms with Crippen molar-refractivity contribution in [3.63, 3.8) is 0 Å². The summed E-state index contributed by atoms with van der Waals surface area (Å²) in [5.74, 6) is -1.05. The molecule has 0 spiro atoms. The molecule has 0 bridgehead atoms. The van der Waals surface area contributed by atoms with Crippen molar-refractivity contribution >= 4 is 27.8 Å². The summed E-state index contributed by atoms with van der Waals surface area (Å²) in [7, 11) is 0. The molecule has 108 valence electrons. The first-order valence-electron chi connectivity index (χ1n) is 6.71. The van der Waals surface area contributed by atoms with Crippen LogP contribution in [0.3, 0.4) is 0 Å². The van der Waals surface area contributed by atoms with E-state index in [-0.39, 0.29) is 18.4 Å². The topological polar surface area (TPSA) is 66.4 Å². The van der Waals surface area contributed by atoms with Gasteiger partial charge in [-0.05, 0) is 37.5 Å². The minimum absolute atomic E-state index is 0.0701. The number of rotatable bonds is 5. The third-order valence-electron chi connectivity index (χ3n) is 3.99. The Morgan fingerprint density at radius 1 is 1.45 bits per heavy atom. The lowest BCUT2D eigenvalue weighted by Gasteiger charge is -2.37. The lowest BCUT2D eigenvalue weighted by molar-refractivity contribution is -0.157. The Hall–Kier alpha value is -1.36. The number of halogens is 1. The SMILES string of the molecule is CC(NC(=O)CC1(C(=O)O)CCC1)c1cccc(Br)c1. The van der Waals surface area contributed by atoms with Crippen LogP contribution in [0.4, 0.5) is 0 Å². The number of carboxylic acids is 1. The molecule has 1 unspecified atom stereocenters. The van der Waals surface area contributed by atoms with Crippen LogP contribution in [-0.2, 0) is 9.59 Å². The van der Waals surface area contributed by atoms with E-state index in [1.54, 1.807) is 0 Å². The quantitative estimate of drug-likeness (QED) is 0.865. The van der Waals surface area contributed by atoms with E-state index in [4.69, 9.17) is 0 Å². The van der Waals surface area contributed by atoms with Crippen LogP contribution in [0.5, 0.6) is 0 Å². The van der Waals surface area contributed by atoms with Crippen molar-refractivity contribution in [2.45, 2.75) is 38.6 Å². The highest BCUT2D eigenvalue weighted by Gasteiger charge is 2.45. The fraction of sp³-hybridized carbons (Fsp3) is 0.467. The number of hydrogen-bond acceptors (Lipinski definition) is 2. The number of carboxylic acid groups (broad SMARTS) is 1. The molecule has 4 nitrogen and oxygen atoms in total. The summed E-state index contributed by atoms with van der Waals surface area (Å²) in [6.07, 6.45) is 2.16. The molecule has 0 radical (unpaired) electrons. The molecule has 0 saturated heterocycles. The third-order valence-corrected chi connectivity index (χ3v) is 4.48. The molecule has 2 rings (SSSR count). The minimum Gasteiger partial charge on any atom is -0.481 e. The van der Waals surface area contributed by atoms with Gasteiger partial charge in [0.25, 0.3) is 0 Å². The lowest BCUT2D eigenvalue weighted by atomic mass is 9.66. The molecule has 20 heavy (non-hydrogen) atoms. The van der Waals surface area contributed by atoms with Crippen LogP contribution in [-0.4, -0.2) is 17.0 Å². The average Bonchev–Trinajstić information content (AvgIpc) is 2.33. The Morgan fingerprint density at radius 3 is 2.65 bits per heavy atom. The summed E-state index contributed by atoms with van der Waals surface area (Å²) in [4.78, 5) is 23.3. The molecule has 1 aliphatic carbocycles. The van der Waals surface area contributed by atoms with E-state index in [2.05, 4.69) is 21.2 Å². The van der Waals surface area contributed by atoms with E-state index < -0.39 is 11.4 Å². The number of amides is 1. The first kappa shape index (κ1) is 15.0. The monoisotopic (exact) mass is 339 g/mol. The number of nitrogens with one attached hydrogen (secondary N) is 1. The van der Waals surface area contributed by atoms with Crippen LogP contribution < -0.4 is 5.32 Å². The Bertz CT molecular complexity index is 526. The zero-order chi connectivity index (χ0) is 14.8. The third kappa shape index (κ3) is 3.20. The standard InChI is InChI=1S/C15H18BrNO3/c1-10(11-4-2-5-12(16)8-11)17-13(18)9-15(14(19)20)6-3-7-15/h2,4-5,8,10H,3,6-7,9H2,1H3,(H,17,18)(H,19,20). The van der Waals surface area contributed by atoms with Crippen molar-refractivity contribution in [1.29, 1.82) is 0 Å². The van der Waals surface area contributed by atoms with Gasteiger partial charge < -0.3 is 10.4 Å². The van der Waals surface area contributed by atoms with Gasteiger partial charge in [0.15, 0.2) is 0 Å². The maximum atomic E-state index is 12.0. The normalized spacial score (nSPS) is 17.9. The zero-order valence-corrected chi connectivity index (χ0v) is 12.9. The second-order valence-corrected chi connectivity index (χ2v) is 6.38. The summed E-state index contributed by atoms with van der Waals surface area (Å²) in [6.45, 7) is 1.90. The van der Waals surface area contributed by atoms with E-state index in [0.717, 1.165) is 16.5 Å². The van der Waals surface area contributed by atoms with Crippen LogP contribution in [0, 0.1) is 5.41 Å². The van der Waals surface area contributed by atoms with Gasteiger partial charge in [-0.15, -0.1) is 0 Å². The van der Waals surface area contributed by atoms with Gasteiger partial charge in [-0.3, -0.25) is 9.59 Å². The molecule has 0 aromatic heterocycles. The zero-order valence-electron chi connectivity index (χ0n) is 11.4. The fourth-order valence-electron chi connectivity index (χ4n) is 2.53. The highest BCUT2D eigenvalue weighted by atomic mass is 79.9. The van der Waals surface area contributed by atoms with Gasteiger partial charge in [0, 0.05) is 10.9 Å². The molecule has 0 aliphatic heterocycles. The molecular formula is C15H18BrNO3. The number of aliphatic carboxylic acids is 1. The van der Waals surface area contributed by atoms with Gasteiger partial charge in [0.2, 0.25) is 5.91 Å². The predicted octanol–water partition coefficient (Wildman–Crippen LogP) is 3.27. The molecule has 1 aromatic rings. The summed E-state index contributed by atoms with van der Waals surface area (Å²) in [5, 5.41) is 12.1. The first-order valence-corrected chi connectivity index (χ1v) is 7.50. The van der Waals surface area contributed by atoms with Crippen LogP contribution in [0.15, 0.2) is 28.7 Å². The number of hydrogen-bond donors (Lipinski definition) is 2. The number of benzene rings is 1.